The van der Waals surface area contributed by atoms with Crippen molar-refractivity contribution in [1.29, 1.82) is 0 Å². The Labute approximate surface area is 158 Å². The maximum Gasteiger partial charge on any atom is 0.293 e. The van der Waals surface area contributed by atoms with Crippen LogP contribution in [0.15, 0.2) is 18.5 Å². The average molecular weight is 366 g/mol. The van der Waals surface area contributed by atoms with Gasteiger partial charge in [0.25, 0.3) is 11.7 Å². The standard InChI is InChI=1S/C20H26N6O/c27-18(17-22-19-21-2-1-3-26(19)23-17)24-4-6-25(7-5-24)20-11-14-8-15(12-20)10-16(9-14)13-20/h1-3,14-16H,4-13H2. The predicted molar refractivity (Wildman–Crippen MR) is 99.2 cm³/mol. The third-order valence-electron chi connectivity index (χ3n) is 7.55. The van der Waals surface area contributed by atoms with Gasteiger partial charge in [0, 0.05) is 44.1 Å². The molecule has 0 N–H and O–H groups in total. The maximum atomic E-state index is 12.9. The largest absolute Gasteiger partial charge is 0.333 e. The van der Waals surface area contributed by atoms with E-state index in [2.05, 4.69) is 20.0 Å². The molecule has 1 aliphatic heterocycles. The summed E-state index contributed by atoms with van der Waals surface area (Å²) in [6.45, 7) is 3.54. The molecule has 1 saturated heterocycles. The van der Waals surface area contributed by atoms with Gasteiger partial charge >= 0.3 is 0 Å². The van der Waals surface area contributed by atoms with Crippen LogP contribution in [0.1, 0.15) is 49.1 Å². The smallest absolute Gasteiger partial charge is 0.293 e. The van der Waals surface area contributed by atoms with Crippen molar-refractivity contribution in [2.24, 2.45) is 17.8 Å². The topological polar surface area (TPSA) is 66.6 Å². The summed E-state index contributed by atoms with van der Waals surface area (Å²) in [7, 11) is 0. The van der Waals surface area contributed by atoms with Gasteiger partial charge in [-0.15, -0.1) is 5.10 Å². The van der Waals surface area contributed by atoms with Crippen molar-refractivity contribution in [1.82, 2.24) is 29.4 Å². The molecular weight excluding hydrogens is 340 g/mol. The Bertz CT molecular complexity index is 815. The lowest BCUT2D eigenvalue weighted by molar-refractivity contribution is -0.0987. The fourth-order valence-corrected chi connectivity index (χ4v) is 6.80. The minimum Gasteiger partial charge on any atom is -0.333 e. The molecule has 27 heavy (non-hydrogen) atoms. The van der Waals surface area contributed by atoms with Crippen LogP contribution >= 0.6 is 0 Å². The van der Waals surface area contributed by atoms with E-state index >= 15 is 0 Å². The quantitative estimate of drug-likeness (QED) is 0.811. The number of carbonyl (C=O) groups is 1. The van der Waals surface area contributed by atoms with Gasteiger partial charge in [-0.05, 0) is 62.3 Å². The Balaban J connectivity index is 1.16. The number of piperazine rings is 1. The van der Waals surface area contributed by atoms with Gasteiger partial charge in [0.05, 0.1) is 0 Å². The predicted octanol–water partition coefficient (Wildman–Crippen LogP) is 1.85. The summed E-state index contributed by atoms with van der Waals surface area (Å²) in [6.07, 6.45) is 12.1. The highest BCUT2D eigenvalue weighted by Crippen LogP contribution is 2.57. The lowest BCUT2D eigenvalue weighted by Gasteiger charge is -2.61. The van der Waals surface area contributed by atoms with Crippen LogP contribution in [0.4, 0.5) is 0 Å². The van der Waals surface area contributed by atoms with Crippen molar-refractivity contribution >= 4 is 11.7 Å². The number of rotatable bonds is 2. The van der Waals surface area contributed by atoms with Crippen molar-refractivity contribution in [2.45, 2.75) is 44.1 Å². The first kappa shape index (κ1) is 16.0. The van der Waals surface area contributed by atoms with Crippen LogP contribution in [0.2, 0.25) is 0 Å². The van der Waals surface area contributed by atoms with Crippen molar-refractivity contribution in [3.8, 4) is 0 Å². The second-order valence-electron chi connectivity index (χ2n) is 9.22. The van der Waals surface area contributed by atoms with Crippen molar-refractivity contribution in [2.75, 3.05) is 26.2 Å². The monoisotopic (exact) mass is 366 g/mol. The van der Waals surface area contributed by atoms with Gasteiger partial charge in [-0.2, -0.15) is 4.98 Å². The average Bonchev–Trinajstić information content (AvgIpc) is 3.11. The highest BCUT2D eigenvalue weighted by atomic mass is 16.2. The molecule has 4 aliphatic carbocycles. The van der Waals surface area contributed by atoms with Crippen LogP contribution in [-0.2, 0) is 0 Å². The van der Waals surface area contributed by atoms with Gasteiger partial charge in [-0.25, -0.2) is 9.50 Å². The summed E-state index contributed by atoms with van der Waals surface area (Å²) < 4.78 is 1.57. The Kier molecular flexibility index (Phi) is 3.40. The molecule has 7 nitrogen and oxygen atoms in total. The first-order valence-corrected chi connectivity index (χ1v) is 10.4. The third kappa shape index (κ3) is 2.51. The van der Waals surface area contributed by atoms with E-state index in [9.17, 15) is 4.79 Å². The lowest BCUT2D eigenvalue weighted by atomic mass is 9.52. The fraction of sp³-hybridized carbons (Fsp3) is 0.700. The van der Waals surface area contributed by atoms with Gasteiger partial charge in [-0.1, -0.05) is 0 Å². The lowest BCUT2D eigenvalue weighted by Crippen LogP contribution is -2.64. The number of hydrogen-bond donors (Lipinski definition) is 0. The molecule has 0 atom stereocenters. The number of carbonyl (C=O) groups excluding carboxylic acids is 1. The second-order valence-corrected chi connectivity index (χ2v) is 9.22. The Morgan fingerprint density at radius 1 is 1.00 bits per heavy atom. The molecule has 5 aliphatic rings. The van der Waals surface area contributed by atoms with E-state index in [0.29, 0.717) is 11.3 Å². The van der Waals surface area contributed by atoms with Gasteiger partial charge in [0.1, 0.15) is 0 Å². The van der Waals surface area contributed by atoms with Gasteiger partial charge in [-0.3, -0.25) is 9.69 Å². The van der Waals surface area contributed by atoms with E-state index in [-0.39, 0.29) is 11.7 Å². The van der Waals surface area contributed by atoms with Crippen LogP contribution < -0.4 is 0 Å². The first-order valence-electron chi connectivity index (χ1n) is 10.4. The summed E-state index contributed by atoms with van der Waals surface area (Å²) in [4.78, 5) is 26.0. The van der Waals surface area contributed by atoms with Crippen LogP contribution in [0, 0.1) is 17.8 Å². The molecule has 2 aromatic heterocycles. The van der Waals surface area contributed by atoms with Crippen molar-refractivity contribution in [3.63, 3.8) is 0 Å². The number of aromatic nitrogens is 4. The molecule has 0 spiro atoms. The van der Waals surface area contributed by atoms with E-state index in [1.807, 2.05) is 4.90 Å². The van der Waals surface area contributed by atoms with Crippen molar-refractivity contribution in [3.05, 3.63) is 24.3 Å². The summed E-state index contributed by atoms with van der Waals surface area (Å²) in [5.41, 5.74) is 0.440. The highest BCUT2D eigenvalue weighted by Gasteiger charge is 2.53. The second kappa shape index (κ2) is 5.74. The molecule has 1 amide bonds. The number of fused-ring (bicyclic) bond motifs is 1. The molecule has 4 bridgehead atoms. The zero-order valence-electron chi connectivity index (χ0n) is 15.6. The van der Waals surface area contributed by atoms with Crippen LogP contribution in [-0.4, -0.2) is 67.0 Å². The van der Waals surface area contributed by atoms with Gasteiger partial charge in [0.2, 0.25) is 5.82 Å². The Hall–Kier alpha value is -2.02. The van der Waals surface area contributed by atoms with E-state index in [1.165, 1.54) is 38.5 Å². The molecule has 0 aromatic carbocycles. The summed E-state index contributed by atoms with van der Waals surface area (Å²) in [5.74, 6) is 3.57. The Morgan fingerprint density at radius 2 is 1.67 bits per heavy atom. The zero-order chi connectivity index (χ0) is 18.0. The molecule has 4 saturated carbocycles. The molecule has 7 heteroatoms. The molecular formula is C20H26N6O. The van der Waals surface area contributed by atoms with Crippen LogP contribution in [0.25, 0.3) is 5.78 Å². The summed E-state index contributed by atoms with van der Waals surface area (Å²) >= 11 is 0. The van der Waals surface area contributed by atoms with E-state index in [1.54, 1.807) is 23.0 Å². The van der Waals surface area contributed by atoms with Gasteiger partial charge in [0.15, 0.2) is 0 Å². The van der Waals surface area contributed by atoms with Crippen molar-refractivity contribution < 1.29 is 4.79 Å². The molecule has 2 aromatic rings. The number of amides is 1. The first-order chi connectivity index (χ1) is 13.2. The molecule has 3 heterocycles. The molecule has 0 unspecified atom stereocenters. The summed E-state index contributed by atoms with van der Waals surface area (Å²) in [5, 5.41) is 4.30. The minimum absolute atomic E-state index is 0.0642. The molecule has 142 valence electrons. The Morgan fingerprint density at radius 3 is 2.30 bits per heavy atom. The fourth-order valence-electron chi connectivity index (χ4n) is 6.80. The number of nitrogens with zero attached hydrogens (tertiary/aromatic N) is 6. The zero-order valence-corrected chi connectivity index (χ0v) is 15.6. The van der Waals surface area contributed by atoms with Crippen LogP contribution in [0.3, 0.4) is 0 Å². The molecule has 7 rings (SSSR count). The SMILES string of the molecule is O=C(c1nc2ncccn2n1)N1CCN(C23CC4CC(CC(C4)C2)C3)CC1. The normalized spacial score (nSPS) is 35.9. The minimum atomic E-state index is -0.0642. The van der Waals surface area contributed by atoms with E-state index in [4.69, 9.17) is 0 Å². The van der Waals surface area contributed by atoms with E-state index in [0.717, 1.165) is 43.9 Å². The highest BCUT2D eigenvalue weighted by molar-refractivity contribution is 5.91. The molecule has 0 radical (unpaired) electrons. The maximum absolute atomic E-state index is 12.9. The van der Waals surface area contributed by atoms with Crippen LogP contribution in [0.5, 0.6) is 0 Å². The van der Waals surface area contributed by atoms with E-state index < -0.39 is 0 Å². The molecule has 5 fully saturated rings. The summed E-state index contributed by atoms with van der Waals surface area (Å²) in [6, 6.07) is 1.79. The van der Waals surface area contributed by atoms with Gasteiger partial charge < -0.3 is 4.90 Å². The third-order valence-corrected chi connectivity index (χ3v) is 7.55. The number of hydrogen-bond acceptors (Lipinski definition) is 5.